The fourth-order valence-electron chi connectivity index (χ4n) is 1.47. The highest BCUT2D eigenvalue weighted by Gasteiger charge is 2.07. The predicted molar refractivity (Wildman–Crippen MR) is 62.2 cm³/mol. The highest BCUT2D eigenvalue weighted by atomic mass is 35.5. The molecule has 2 aromatic rings. The molecule has 80 valence electrons. The topological polar surface area (TPSA) is 17.1 Å². The van der Waals surface area contributed by atoms with Crippen molar-refractivity contribution in [1.29, 1.82) is 0 Å². The smallest absolute Gasteiger partial charge is 0.150 e. The number of rotatable bonds is 2. The largest absolute Gasteiger partial charge is 0.298 e. The van der Waals surface area contributed by atoms with Gasteiger partial charge in [-0.05, 0) is 11.6 Å². The summed E-state index contributed by atoms with van der Waals surface area (Å²) in [5, 5.41) is 0.0944. The van der Waals surface area contributed by atoms with E-state index in [-0.39, 0.29) is 5.02 Å². The van der Waals surface area contributed by atoms with E-state index in [4.69, 9.17) is 11.6 Å². The third-order valence-electron chi connectivity index (χ3n) is 2.31. The van der Waals surface area contributed by atoms with E-state index in [9.17, 15) is 9.18 Å². The zero-order valence-electron chi connectivity index (χ0n) is 8.28. The molecule has 0 amide bonds. The van der Waals surface area contributed by atoms with Crippen LogP contribution in [0.15, 0.2) is 42.5 Å². The molecule has 16 heavy (non-hydrogen) atoms. The standard InChI is InChI=1S/C13H8ClFO/c14-12-3-1-2-11(13(12)15)10-6-4-9(8-16)5-7-10/h1-8H. The molecule has 0 aliphatic rings. The van der Waals surface area contributed by atoms with Crippen LogP contribution in [0.1, 0.15) is 10.4 Å². The SMILES string of the molecule is O=Cc1ccc(-c2cccc(Cl)c2F)cc1. The minimum Gasteiger partial charge on any atom is -0.298 e. The van der Waals surface area contributed by atoms with E-state index in [0.29, 0.717) is 16.7 Å². The first kappa shape index (κ1) is 10.8. The van der Waals surface area contributed by atoms with Gasteiger partial charge < -0.3 is 0 Å². The first-order valence-corrected chi connectivity index (χ1v) is 5.10. The molecule has 0 heterocycles. The maximum Gasteiger partial charge on any atom is 0.150 e. The first-order valence-electron chi connectivity index (χ1n) is 4.72. The molecule has 0 bridgehead atoms. The van der Waals surface area contributed by atoms with Crippen LogP contribution in [0.25, 0.3) is 11.1 Å². The minimum atomic E-state index is -0.442. The van der Waals surface area contributed by atoms with E-state index in [1.54, 1.807) is 36.4 Å². The van der Waals surface area contributed by atoms with Crippen LogP contribution >= 0.6 is 11.6 Å². The number of aldehydes is 1. The van der Waals surface area contributed by atoms with Crippen molar-refractivity contribution < 1.29 is 9.18 Å². The Morgan fingerprint density at radius 3 is 2.38 bits per heavy atom. The molecule has 0 fully saturated rings. The molecule has 0 aliphatic heterocycles. The summed E-state index contributed by atoms with van der Waals surface area (Å²) in [6.07, 6.45) is 0.748. The fraction of sp³-hybridized carbons (Fsp3) is 0. The van der Waals surface area contributed by atoms with Crippen LogP contribution in [0.3, 0.4) is 0 Å². The Hall–Kier alpha value is -1.67. The lowest BCUT2D eigenvalue weighted by molar-refractivity contribution is 0.112. The maximum atomic E-state index is 13.7. The van der Waals surface area contributed by atoms with Gasteiger partial charge in [0.05, 0.1) is 5.02 Å². The number of hydrogen-bond acceptors (Lipinski definition) is 1. The van der Waals surface area contributed by atoms with Gasteiger partial charge in [-0.3, -0.25) is 4.79 Å². The van der Waals surface area contributed by atoms with Crippen molar-refractivity contribution in [3.05, 3.63) is 58.9 Å². The van der Waals surface area contributed by atoms with Crippen molar-refractivity contribution in [2.75, 3.05) is 0 Å². The van der Waals surface area contributed by atoms with Crippen molar-refractivity contribution in [2.45, 2.75) is 0 Å². The number of hydrogen-bond donors (Lipinski definition) is 0. The predicted octanol–water partition coefficient (Wildman–Crippen LogP) is 3.96. The van der Waals surface area contributed by atoms with Crippen LogP contribution in [0.4, 0.5) is 4.39 Å². The van der Waals surface area contributed by atoms with Crippen LogP contribution in [0, 0.1) is 5.82 Å². The summed E-state index contributed by atoms with van der Waals surface area (Å²) in [4.78, 5) is 10.5. The van der Waals surface area contributed by atoms with E-state index in [0.717, 1.165) is 6.29 Å². The molecule has 0 saturated heterocycles. The molecule has 2 aromatic carbocycles. The molecule has 0 aromatic heterocycles. The molecule has 0 spiro atoms. The summed E-state index contributed by atoms with van der Waals surface area (Å²) in [7, 11) is 0. The second kappa shape index (κ2) is 4.45. The van der Waals surface area contributed by atoms with E-state index in [1.165, 1.54) is 6.07 Å². The molecule has 0 saturated carbocycles. The Kier molecular flexibility index (Phi) is 3.02. The summed E-state index contributed by atoms with van der Waals surface area (Å²) in [5.74, 6) is -0.442. The van der Waals surface area contributed by atoms with Crippen molar-refractivity contribution in [3.63, 3.8) is 0 Å². The molecule has 0 unspecified atom stereocenters. The van der Waals surface area contributed by atoms with Crippen LogP contribution in [0.5, 0.6) is 0 Å². The van der Waals surface area contributed by atoms with Crippen molar-refractivity contribution in [2.24, 2.45) is 0 Å². The van der Waals surface area contributed by atoms with Gasteiger partial charge in [-0.1, -0.05) is 48.0 Å². The second-order valence-corrected chi connectivity index (χ2v) is 3.75. The third-order valence-corrected chi connectivity index (χ3v) is 2.60. The van der Waals surface area contributed by atoms with Gasteiger partial charge in [0, 0.05) is 11.1 Å². The lowest BCUT2D eigenvalue weighted by Gasteiger charge is -2.04. The van der Waals surface area contributed by atoms with Gasteiger partial charge in [0.15, 0.2) is 0 Å². The van der Waals surface area contributed by atoms with Gasteiger partial charge in [0.25, 0.3) is 0 Å². The van der Waals surface area contributed by atoms with Gasteiger partial charge in [-0.2, -0.15) is 0 Å². The van der Waals surface area contributed by atoms with Gasteiger partial charge in [-0.25, -0.2) is 4.39 Å². The van der Waals surface area contributed by atoms with Gasteiger partial charge in [-0.15, -0.1) is 0 Å². The average molecular weight is 235 g/mol. The molecule has 0 atom stereocenters. The lowest BCUT2D eigenvalue weighted by atomic mass is 10.0. The van der Waals surface area contributed by atoms with Crippen molar-refractivity contribution in [1.82, 2.24) is 0 Å². The summed E-state index contributed by atoms with van der Waals surface area (Å²) < 4.78 is 13.7. The van der Waals surface area contributed by atoms with Crippen LogP contribution < -0.4 is 0 Å². The summed E-state index contributed by atoms with van der Waals surface area (Å²) >= 11 is 5.69. The highest BCUT2D eigenvalue weighted by molar-refractivity contribution is 6.31. The van der Waals surface area contributed by atoms with Gasteiger partial charge in [0.2, 0.25) is 0 Å². The van der Waals surface area contributed by atoms with Crippen molar-refractivity contribution >= 4 is 17.9 Å². The van der Waals surface area contributed by atoms with E-state index in [1.807, 2.05) is 0 Å². The summed E-state index contributed by atoms with van der Waals surface area (Å²) in [6.45, 7) is 0. The van der Waals surface area contributed by atoms with Gasteiger partial charge >= 0.3 is 0 Å². The molecule has 0 radical (unpaired) electrons. The summed E-state index contributed by atoms with van der Waals surface area (Å²) in [6, 6.07) is 11.5. The van der Waals surface area contributed by atoms with Crippen LogP contribution in [0.2, 0.25) is 5.02 Å². The molecular weight excluding hydrogens is 227 g/mol. The molecule has 1 nitrogen and oxygen atoms in total. The van der Waals surface area contributed by atoms with Crippen molar-refractivity contribution in [3.8, 4) is 11.1 Å². The van der Waals surface area contributed by atoms with E-state index >= 15 is 0 Å². The van der Waals surface area contributed by atoms with E-state index < -0.39 is 5.82 Å². The Balaban J connectivity index is 2.50. The first-order chi connectivity index (χ1) is 7.72. The molecule has 0 N–H and O–H groups in total. The maximum absolute atomic E-state index is 13.7. The number of carbonyl (C=O) groups excluding carboxylic acids is 1. The van der Waals surface area contributed by atoms with E-state index in [2.05, 4.69) is 0 Å². The summed E-state index contributed by atoms with van der Waals surface area (Å²) in [5.41, 5.74) is 1.70. The fourth-order valence-corrected chi connectivity index (χ4v) is 1.64. The van der Waals surface area contributed by atoms with Crippen LogP contribution in [-0.4, -0.2) is 6.29 Å². The minimum absolute atomic E-state index is 0.0944. The number of benzene rings is 2. The molecular formula is C13H8ClFO. The number of halogens is 2. The highest BCUT2D eigenvalue weighted by Crippen LogP contribution is 2.27. The lowest BCUT2D eigenvalue weighted by Crippen LogP contribution is -1.86. The van der Waals surface area contributed by atoms with Gasteiger partial charge in [0.1, 0.15) is 12.1 Å². The Morgan fingerprint density at radius 1 is 1.06 bits per heavy atom. The zero-order chi connectivity index (χ0) is 11.5. The Bertz CT molecular complexity index is 520. The zero-order valence-corrected chi connectivity index (χ0v) is 9.04. The second-order valence-electron chi connectivity index (χ2n) is 3.34. The average Bonchev–Trinajstić information content (AvgIpc) is 2.33. The molecule has 2 rings (SSSR count). The van der Waals surface area contributed by atoms with Crippen LogP contribution in [-0.2, 0) is 0 Å². The Morgan fingerprint density at radius 2 is 1.75 bits per heavy atom. The normalized spacial score (nSPS) is 10.1. The molecule has 0 aliphatic carbocycles. The number of carbonyl (C=O) groups is 1. The monoisotopic (exact) mass is 234 g/mol. The Labute approximate surface area is 97.5 Å². The molecule has 3 heteroatoms. The quantitative estimate of drug-likeness (QED) is 0.719. The third kappa shape index (κ3) is 1.97.